The highest BCUT2D eigenvalue weighted by molar-refractivity contribution is 7.21. The van der Waals surface area contributed by atoms with Crippen molar-refractivity contribution in [2.24, 2.45) is 5.92 Å². The monoisotopic (exact) mass is 498 g/mol. The molecule has 9 nitrogen and oxygen atoms in total. The zero-order valence-electron chi connectivity index (χ0n) is 18.5. The number of amides is 1. The van der Waals surface area contributed by atoms with Gasteiger partial charge in [0.05, 0.1) is 17.9 Å². The molecular weight excluding hydrogens is 473 g/mol. The van der Waals surface area contributed by atoms with Crippen LogP contribution in [0.4, 0.5) is 18.9 Å². The van der Waals surface area contributed by atoms with Crippen molar-refractivity contribution in [1.29, 1.82) is 0 Å². The molecule has 0 spiro atoms. The van der Waals surface area contributed by atoms with Gasteiger partial charge in [-0.3, -0.25) is 9.89 Å². The van der Waals surface area contributed by atoms with Crippen molar-refractivity contribution >= 4 is 39.1 Å². The number of fused-ring (bicyclic) bond motifs is 1. The molecule has 0 aliphatic carbocycles. The van der Waals surface area contributed by atoms with Crippen molar-refractivity contribution in [2.75, 3.05) is 25.4 Å². The van der Waals surface area contributed by atoms with Gasteiger partial charge in [-0.2, -0.15) is 18.3 Å². The van der Waals surface area contributed by atoms with Gasteiger partial charge in [0.2, 0.25) is 0 Å². The molecule has 1 atom stereocenters. The van der Waals surface area contributed by atoms with Crippen LogP contribution in [0, 0.1) is 5.92 Å². The second kappa shape index (κ2) is 10.4. The Morgan fingerprint density at radius 3 is 2.65 bits per heavy atom. The Hall–Kier alpha value is -3.19. The number of aromatic nitrogens is 3. The van der Waals surface area contributed by atoms with Crippen LogP contribution in [0.2, 0.25) is 0 Å². The molecule has 4 heterocycles. The minimum absolute atomic E-state index is 0.0177. The third-order valence-corrected chi connectivity index (χ3v) is 6.19. The number of carboxylic acid groups (broad SMARTS) is 1. The molecule has 1 aliphatic heterocycles. The van der Waals surface area contributed by atoms with Gasteiger partial charge in [0.1, 0.15) is 9.71 Å². The molecule has 1 fully saturated rings. The second-order valence-electron chi connectivity index (χ2n) is 8.19. The molecule has 4 rings (SSSR count). The van der Waals surface area contributed by atoms with E-state index in [1.165, 1.54) is 11.3 Å². The number of carboxylic acids is 1. The van der Waals surface area contributed by atoms with Crippen LogP contribution in [-0.4, -0.2) is 62.9 Å². The number of halogens is 3. The minimum Gasteiger partial charge on any atom is -0.475 e. The first kappa shape index (κ1) is 25.4. The molecule has 13 heteroatoms. The van der Waals surface area contributed by atoms with Gasteiger partial charge >= 0.3 is 12.1 Å². The molecule has 34 heavy (non-hydrogen) atoms. The van der Waals surface area contributed by atoms with Crippen molar-refractivity contribution in [3.05, 3.63) is 40.7 Å². The van der Waals surface area contributed by atoms with Crippen molar-refractivity contribution in [3.63, 3.8) is 0 Å². The highest BCUT2D eigenvalue weighted by Gasteiger charge is 2.38. The summed E-state index contributed by atoms with van der Waals surface area (Å²) >= 11 is 1.40. The van der Waals surface area contributed by atoms with E-state index in [9.17, 15) is 18.0 Å². The van der Waals surface area contributed by atoms with E-state index in [1.807, 2.05) is 23.2 Å². The summed E-state index contributed by atoms with van der Waals surface area (Å²) in [4.78, 5) is 30.1. The van der Waals surface area contributed by atoms with E-state index in [1.54, 1.807) is 6.20 Å². The van der Waals surface area contributed by atoms with E-state index in [4.69, 9.17) is 20.6 Å². The standard InChI is InChI=1S/C19H24N6OS.C2HF3O2/c1-11(2)7-13-3-4-14-16(20)17(27-18(14)24-13)19(26)25-6-5-21-15(10-25)12-8-22-23-9-12;3-2(4,5)1(6)7/h3-4,8-9,11,15,21H,5-7,10,20H2,1-2H3,(H,22,23);(H,6,7). The SMILES string of the molecule is CC(C)Cc1ccc2c(N)c(C(=O)N3CCNC(c4cn[nH]c4)C3)sc2n1.O=C(O)C(F)(F)F. The maximum absolute atomic E-state index is 13.1. The Morgan fingerprint density at radius 1 is 1.35 bits per heavy atom. The smallest absolute Gasteiger partial charge is 0.475 e. The Labute approximate surface area is 197 Å². The van der Waals surface area contributed by atoms with E-state index in [0.29, 0.717) is 29.6 Å². The number of rotatable bonds is 4. The number of carbonyl (C=O) groups excluding carboxylic acids is 1. The Kier molecular flexibility index (Phi) is 7.77. The van der Waals surface area contributed by atoms with Gasteiger partial charge in [-0.15, -0.1) is 11.3 Å². The Balaban J connectivity index is 0.000000406. The van der Waals surface area contributed by atoms with Crippen LogP contribution in [0.5, 0.6) is 0 Å². The number of H-pyrrole nitrogens is 1. The molecule has 0 aromatic carbocycles. The van der Waals surface area contributed by atoms with E-state index in [-0.39, 0.29) is 11.9 Å². The van der Waals surface area contributed by atoms with Crippen LogP contribution in [0.1, 0.15) is 40.8 Å². The second-order valence-corrected chi connectivity index (χ2v) is 9.19. The lowest BCUT2D eigenvalue weighted by molar-refractivity contribution is -0.192. The van der Waals surface area contributed by atoms with Crippen LogP contribution in [0.3, 0.4) is 0 Å². The number of carbonyl (C=O) groups is 2. The van der Waals surface area contributed by atoms with Gasteiger partial charge in [-0.05, 0) is 24.5 Å². The first-order valence-electron chi connectivity index (χ1n) is 10.5. The number of piperazine rings is 1. The lowest BCUT2D eigenvalue weighted by Gasteiger charge is -2.33. The normalized spacial score (nSPS) is 16.4. The van der Waals surface area contributed by atoms with E-state index < -0.39 is 12.1 Å². The number of pyridine rings is 1. The predicted molar refractivity (Wildman–Crippen MR) is 122 cm³/mol. The summed E-state index contributed by atoms with van der Waals surface area (Å²) in [6.45, 7) is 6.34. The number of hydrogen-bond donors (Lipinski definition) is 4. The number of aliphatic carboxylic acids is 1. The zero-order valence-corrected chi connectivity index (χ0v) is 19.3. The Bertz CT molecular complexity index is 1150. The van der Waals surface area contributed by atoms with Crippen molar-refractivity contribution in [2.45, 2.75) is 32.5 Å². The molecule has 3 aromatic heterocycles. The summed E-state index contributed by atoms with van der Waals surface area (Å²) < 4.78 is 31.7. The van der Waals surface area contributed by atoms with Gasteiger partial charge in [0, 0.05) is 42.5 Å². The predicted octanol–water partition coefficient (Wildman–Crippen LogP) is 3.22. The summed E-state index contributed by atoms with van der Waals surface area (Å²) in [5.41, 5.74) is 8.96. The Morgan fingerprint density at radius 2 is 2.06 bits per heavy atom. The molecule has 5 N–H and O–H groups in total. The van der Waals surface area contributed by atoms with Crippen LogP contribution < -0.4 is 11.1 Å². The van der Waals surface area contributed by atoms with Crippen molar-refractivity contribution in [3.8, 4) is 0 Å². The third-order valence-electron chi connectivity index (χ3n) is 5.09. The minimum atomic E-state index is -5.08. The van der Waals surface area contributed by atoms with Crippen molar-refractivity contribution in [1.82, 2.24) is 25.4 Å². The largest absolute Gasteiger partial charge is 0.490 e. The molecule has 1 aliphatic rings. The third kappa shape index (κ3) is 6.03. The van der Waals surface area contributed by atoms with Crippen LogP contribution >= 0.6 is 11.3 Å². The molecule has 184 valence electrons. The van der Waals surface area contributed by atoms with Crippen LogP contribution in [0.25, 0.3) is 10.2 Å². The summed E-state index contributed by atoms with van der Waals surface area (Å²) in [6, 6.07) is 4.08. The maximum Gasteiger partial charge on any atom is 0.490 e. The van der Waals surface area contributed by atoms with E-state index in [2.05, 4.69) is 29.4 Å². The number of nitrogens with one attached hydrogen (secondary N) is 2. The molecular formula is C21H25F3N6O3S. The highest BCUT2D eigenvalue weighted by atomic mass is 32.1. The molecule has 1 amide bonds. The molecule has 0 saturated carbocycles. The summed E-state index contributed by atoms with van der Waals surface area (Å²) in [5.74, 6) is -2.24. The van der Waals surface area contributed by atoms with Crippen LogP contribution in [-0.2, 0) is 11.2 Å². The van der Waals surface area contributed by atoms with Gasteiger partial charge in [-0.1, -0.05) is 13.8 Å². The van der Waals surface area contributed by atoms with Gasteiger partial charge < -0.3 is 21.1 Å². The number of nitrogens with zero attached hydrogens (tertiary/aromatic N) is 3. The molecule has 0 radical (unpaired) electrons. The van der Waals surface area contributed by atoms with Crippen LogP contribution in [0.15, 0.2) is 24.5 Å². The number of alkyl halides is 3. The summed E-state index contributed by atoms with van der Waals surface area (Å²) in [7, 11) is 0. The highest BCUT2D eigenvalue weighted by Crippen LogP contribution is 2.34. The van der Waals surface area contributed by atoms with Gasteiger partial charge in [-0.25, -0.2) is 9.78 Å². The van der Waals surface area contributed by atoms with Gasteiger partial charge in [0.25, 0.3) is 5.91 Å². The topological polar surface area (TPSA) is 137 Å². The fraction of sp³-hybridized carbons (Fsp3) is 0.429. The lowest BCUT2D eigenvalue weighted by atomic mass is 10.1. The lowest BCUT2D eigenvalue weighted by Crippen LogP contribution is -2.48. The average Bonchev–Trinajstić information content (AvgIpc) is 3.41. The average molecular weight is 499 g/mol. The fourth-order valence-electron chi connectivity index (χ4n) is 3.48. The molecule has 0 bridgehead atoms. The number of nitrogen functional groups attached to an aromatic ring is 1. The molecule has 1 saturated heterocycles. The van der Waals surface area contributed by atoms with Crippen molar-refractivity contribution < 1.29 is 27.9 Å². The number of aromatic amines is 1. The van der Waals surface area contributed by atoms with E-state index in [0.717, 1.165) is 34.4 Å². The number of anilines is 1. The summed E-state index contributed by atoms with van der Waals surface area (Å²) in [6.07, 6.45) is -0.513. The van der Waals surface area contributed by atoms with E-state index >= 15 is 0 Å². The summed E-state index contributed by atoms with van der Waals surface area (Å²) in [5, 5.41) is 18.3. The number of nitrogens with two attached hydrogens (primary N) is 1. The zero-order chi connectivity index (χ0) is 25.0. The fourth-order valence-corrected chi connectivity index (χ4v) is 4.56. The maximum atomic E-state index is 13.1. The van der Waals surface area contributed by atoms with Gasteiger partial charge in [0.15, 0.2) is 0 Å². The molecule has 1 unspecified atom stereocenters. The first-order valence-corrected chi connectivity index (χ1v) is 11.3. The first-order chi connectivity index (χ1) is 16.0. The quantitative estimate of drug-likeness (QED) is 0.433. The number of hydrogen-bond acceptors (Lipinski definition) is 7. The molecule has 3 aromatic rings. The number of thiophene rings is 1.